The molecule has 0 bridgehead atoms. The number of carbonyl (C=O) groups excluding carboxylic acids is 1. The Hall–Kier alpha value is -2.97. The molecular weight excluding hydrogens is 428 g/mol. The summed E-state index contributed by atoms with van der Waals surface area (Å²) in [6.45, 7) is 6.16. The van der Waals surface area contributed by atoms with E-state index in [9.17, 15) is 9.59 Å². The Labute approximate surface area is 193 Å². The van der Waals surface area contributed by atoms with Crippen LogP contribution in [0.5, 0.6) is 10.9 Å². The first-order chi connectivity index (χ1) is 15.3. The summed E-state index contributed by atoms with van der Waals surface area (Å²) >= 11 is 1.50. The summed E-state index contributed by atoms with van der Waals surface area (Å²) in [5.74, 6) is 0.261. The lowest BCUT2D eigenvalue weighted by Gasteiger charge is -2.05. The molecule has 1 amide bonds. The molecule has 0 saturated heterocycles. The van der Waals surface area contributed by atoms with Gasteiger partial charge in [0.2, 0.25) is 5.91 Å². The summed E-state index contributed by atoms with van der Waals surface area (Å²) in [6.07, 6.45) is 1.70. The Balaban J connectivity index is 0.000000769. The summed E-state index contributed by atoms with van der Waals surface area (Å²) in [5.41, 5.74) is 2.01. The molecule has 3 rings (SSSR count). The van der Waals surface area contributed by atoms with Crippen LogP contribution in [0.1, 0.15) is 39.2 Å². The molecule has 0 unspecified atom stereocenters. The van der Waals surface area contributed by atoms with Crippen molar-refractivity contribution in [1.29, 1.82) is 0 Å². The predicted molar refractivity (Wildman–Crippen MR) is 128 cm³/mol. The lowest BCUT2D eigenvalue weighted by Crippen LogP contribution is -2.28. The average molecular weight is 461 g/mol. The normalized spacial score (nSPS) is 9.94. The Morgan fingerprint density at radius 1 is 1.06 bits per heavy atom. The molecule has 1 heterocycles. The number of hydrogen-bond acceptors (Lipinski definition) is 6. The van der Waals surface area contributed by atoms with Gasteiger partial charge in [-0.2, -0.15) is 0 Å². The number of thiazole rings is 1. The van der Waals surface area contributed by atoms with Gasteiger partial charge < -0.3 is 20.3 Å². The summed E-state index contributed by atoms with van der Waals surface area (Å²) in [5, 5.41) is 18.5. The standard InChI is InChI=1S/C19H18N2O4S.C4H10.CH4O/c22-17(20-12-18(23)24)7-3-4-13-8-10-14(11-9-13)25-19-21-15-5-1-2-6-16(15)26-19;1-4(2)3;1-2/h1-2,5-6,8-11H,3-4,7,12H2,(H,20,22)(H,23,24);4H,1-3H3;2H,1H3. The molecule has 8 heteroatoms. The quantitative estimate of drug-likeness (QED) is 0.442. The fourth-order valence-corrected chi connectivity index (χ4v) is 3.27. The van der Waals surface area contributed by atoms with Crippen LogP contribution in [0.3, 0.4) is 0 Å². The Kier molecular flexibility index (Phi) is 12.6. The number of aromatic nitrogens is 1. The van der Waals surface area contributed by atoms with Crippen LogP contribution < -0.4 is 10.1 Å². The van der Waals surface area contributed by atoms with Crippen molar-refractivity contribution < 1.29 is 24.5 Å². The number of aryl methyl sites for hydroxylation is 1. The second-order valence-electron chi connectivity index (χ2n) is 7.45. The van der Waals surface area contributed by atoms with Crippen molar-refractivity contribution in [3.05, 3.63) is 54.1 Å². The minimum atomic E-state index is -1.04. The van der Waals surface area contributed by atoms with Crippen LogP contribution in [-0.2, 0) is 16.0 Å². The van der Waals surface area contributed by atoms with Gasteiger partial charge in [0, 0.05) is 13.5 Å². The van der Waals surface area contributed by atoms with Crippen molar-refractivity contribution in [3.8, 4) is 10.9 Å². The van der Waals surface area contributed by atoms with E-state index in [4.69, 9.17) is 14.9 Å². The topological polar surface area (TPSA) is 109 Å². The maximum atomic E-state index is 11.5. The third-order valence-corrected chi connectivity index (χ3v) is 4.62. The zero-order chi connectivity index (χ0) is 23.9. The number of aliphatic hydroxyl groups is 1. The van der Waals surface area contributed by atoms with Gasteiger partial charge in [0.05, 0.1) is 10.2 Å². The largest absolute Gasteiger partial charge is 0.480 e. The third kappa shape index (κ3) is 10.9. The molecule has 0 aliphatic carbocycles. The summed E-state index contributed by atoms with van der Waals surface area (Å²) < 4.78 is 6.89. The number of carbonyl (C=O) groups is 2. The third-order valence-electron chi connectivity index (χ3n) is 3.71. The zero-order valence-corrected chi connectivity index (χ0v) is 19.8. The lowest BCUT2D eigenvalue weighted by molar-refractivity contribution is -0.137. The number of hydrogen-bond donors (Lipinski definition) is 3. The minimum Gasteiger partial charge on any atom is -0.480 e. The second kappa shape index (κ2) is 14.9. The first kappa shape index (κ1) is 27.1. The van der Waals surface area contributed by atoms with Crippen molar-refractivity contribution in [3.63, 3.8) is 0 Å². The van der Waals surface area contributed by atoms with Crippen molar-refractivity contribution in [2.45, 2.75) is 40.0 Å². The second-order valence-corrected chi connectivity index (χ2v) is 8.44. The van der Waals surface area contributed by atoms with Gasteiger partial charge >= 0.3 is 5.97 Å². The van der Waals surface area contributed by atoms with E-state index in [2.05, 4.69) is 31.1 Å². The zero-order valence-electron chi connectivity index (χ0n) is 19.0. The van der Waals surface area contributed by atoms with Gasteiger partial charge in [-0.15, -0.1) is 0 Å². The van der Waals surface area contributed by atoms with E-state index < -0.39 is 5.97 Å². The number of fused-ring (bicyclic) bond motifs is 1. The molecule has 1 aromatic heterocycles. The van der Waals surface area contributed by atoms with Crippen molar-refractivity contribution in [2.24, 2.45) is 5.92 Å². The highest BCUT2D eigenvalue weighted by Crippen LogP contribution is 2.31. The smallest absolute Gasteiger partial charge is 0.322 e. The SMILES string of the molecule is CC(C)C.CO.O=C(O)CNC(=O)CCCc1ccc(Oc2nc3ccccc3s2)cc1. The summed E-state index contributed by atoms with van der Waals surface area (Å²) in [4.78, 5) is 26.3. The predicted octanol–water partition coefficient (Wildman–Crippen LogP) is 4.88. The molecule has 7 nitrogen and oxygen atoms in total. The van der Waals surface area contributed by atoms with E-state index in [1.54, 1.807) is 0 Å². The molecule has 2 aromatic carbocycles. The molecule has 0 radical (unpaired) electrons. The number of aliphatic carboxylic acids is 1. The molecule has 0 aliphatic heterocycles. The van der Waals surface area contributed by atoms with E-state index >= 15 is 0 Å². The lowest BCUT2D eigenvalue weighted by atomic mass is 10.1. The van der Waals surface area contributed by atoms with Gasteiger partial charge in [-0.3, -0.25) is 9.59 Å². The van der Waals surface area contributed by atoms with E-state index in [0.717, 1.165) is 35.2 Å². The number of aliphatic hydroxyl groups excluding tert-OH is 1. The number of rotatable bonds is 8. The molecule has 3 aromatic rings. The number of carboxylic acids is 1. The number of benzene rings is 2. The van der Waals surface area contributed by atoms with Crippen LogP contribution in [0.2, 0.25) is 0 Å². The molecule has 0 spiro atoms. The Morgan fingerprint density at radius 2 is 1.69 bits per heavy atom. The van der Waals surface area contributed by atoms with Gasteiger partial charge in [-0.25, -0.2) is 4.98 Å². The molecule has 32 heavy (non-hydrogen) atoms. The molecule has 0 saturated carbocycles. The van der Waals surface area contributed by atoms with Crippen LogP contribution in [0, 0.1) is 5.92 Å². The average Bonchev–Trinajstić information content (AvgIpc) is 3.17. The van der Waals surface area contributed by atoms with Crippen LogP contribution >= 0.6 is 11.3 Å². The number of ether oxygens (including phenoxy) is 1. The highest BCUT2D eigenvalue weighted by atomic mass is 32.1. The van der Waals surface area contributed by atoms with Gasteiger partial charge in [-0.05, 0) is 48.6 Å². The highest BCUT2D eigenvalue weighted by Gasteiger charge is 2.06. The highest BCUT2D eigenvalue weighted by molar-refractivity contribution is 7.20. The minimum absolute atomic E-state index is 0.247. The van der Waals surface area contributed by atoms with E-state index in [-0.39, 0.29) is 12.5 Å². The van der Waals surface area contributed by atoms with Crippen LogP contribution in [0.15, 0.2) is 48.5 Å². The van der Waals surface area contributed by atoms with Crippen LogP contribution in [0.25, 0.3) is 10.2 Å². The fraction of sp³-hybridized carbons (Fsp3) is 0.375. The molecule has 174 valence electrons. The maximum Gasteiger partial charge on any atom is 0.322 e. The van der Waals surface area contributed by atoms with E-state index in [0.29, 0.717) is 23.8 Å². The van der Waals surface area contributed by atoms with Crippen LogP contribution in [0.4, 0.5) is 0 Å². The summed E-state index contributed by atoms with van der Waals surface area (Å²) in [7, 11) is 1.00. The molecule has 3 N–H and O–H groups in total. The molecule has 0 aliphatic rings. The first-order valence-electron chi connectivity index (χ1n) is 10.4. The number of carboxylic acid groups (broad SMARTS) is 1. The van der Waals surface area contributed by atoms with Gasteiger partial charge in [0.25, 0.3) is 5.19 Å². The van der Waals surface area contributed by atoms with Crippen molar-refractivity contribution in [1.82, 2.24) is 10.3 Å². The van der Waals surface area contributed by atoms with Crippen molar-refractivity contribution in [2.75, 3.05) is 13.7 Å². The first-order valence-corrected chi connectivity index (χ1v) is 11.2. The monoisotopic (exact) mass is 460 g/mol. The molecule has 0 fully saturated rings. The van der Waals surface area contributed by atoms with Crippen molar-refractivity contribution >= 4 is 33.4 Å². The molecule has 0 atom stereocenters. The van der Waals surface area contributed by atoms with Gasteiger partial charge in [-0.1, -0.05) is 56.4 Å². The number of nitrogens with one attached hydrogen (secondary N) is 1. The van der Waals surface area contributed by atoms with Crippen LogP contribution in [-0.4, -0.2) is 40.7 Å². The number of amides is 1. The number of nitrogens with zero attached hydrogens (tertiary/aromatic N) is 1. The van der Waals surface area contributed by atoms with E-state index in [1.807, 2.05) is 48.5 Å². The Bertz CT molecular complexity index is 919. The van der Waals surface area contributed by atoms with E-state index in [1.165, 1.54) is 11.3 Å². The summed E-state index contributed by atoms with van der Waals surface area (Å²) in [6, 6.07) is 15.6. The fourth-order valence-electron chi connectivity index (χ4n) is 2.44. The maximum absolute atomic E-state index is 11.5. The van der Waals surface area contributed by atoms with Gasteiger partial charge in [0.1, 0.15) is 12.3 Å². The number of para-hydroxylation sites is 1. The molecular formula is C24H32N2O5S. The van der Waals surface area contributed by atoms with Gasteiger partial charge in [0.15, 0.2) is 0 Å². The Morgan fingerprint density at radius 3 is 2.28 bits per heavy atom.